The van der Waals surface area contributed by atoms with E-state index in [9.17, 15) is 14.4 Å². The topological polar surface area (TPSA) is 90.5 Å². The summed E-state index contributed by atoms with van der Waals surface area (Å²) in [5.74, 6) is 0.0304. The minimum atomic E-state index is -0.920. The van der Waals surface area contributed by atoms with Crippen molar-refractivity contribution in [1.29, 1.82) is 0 Å². The fourth-order valence-electron chi connectivity index (χ4n) is 3.75. The monoisotopic (exact) mass is 294 g/mol. The second-order valence-electron chi connectivity index (χ2n) is 6.70. The molecule has 0 radical (unpaired) electrons. The number of amides is 4. The highest BCUT2D eigenvalue weighted by atomic mass is 16.2. The SMILES string of the molecule is CC(C)C1(C(=O)N2CCC3(C2)NC(=O)NC3=O)CCNC1. The molecule has 2 atom stereocenters. The summed E-state index contributed by atoms with van der Waals surface area (Å²) < 4.78 is 0. The van der Waals surface area contributed by atoms with E-state index in [0.717, 1.165) is 13.0 Å². The molecule has 2 unspecified atom stereocenters. The van der Waals surface area contributed by atoms with Crippen LogP contribution in [0, 0.1) is 11.3 Å². The molecule has 0 saturated carbocycles. The average Bonchev–Trinajstić information content (AvgIpc) is 3.10. The van der Waals surface area contributed by atoms with Crippen LogP contribution in [0.3, 0.4) is 0 Å². The van der Waals surface area contributed by atoms with Crippen molar-refractivity contribution in [2.45, 2.75) is 32.2 Å². The van der Waals surface area contributed by atoms with Crippen LogP contribution in [0.1, 0.15) is 26.7 Å². The first-order valence-electron chi connectivity index (χ1n) is 7.53. The number of hydrogen-bond donors (Lipinski definition) is 3. The first kappa shape index (κ1) is 14.3. The summed E-state index contributed by atoms with van der Waals surface area (Å²) in [6, 6.07) is -0.463. The maximum Gasteiger partial charge on any atom is 0.322 e. The van der Waals surface area contributed by atoms with Gasteiger partial charge in [0.05, 0.1) is 12.0 Å². The summed E-state index contributed by atoms with van der Waals surface area (Å²) in [5, 5.41) is 8.24. The highest BCUT2D eigenvalue weighted by molar-refractivity contribution is 6.07. The van der Waals surface area contributed by atoms with E-state index >= 15 is 0 Å². The highest BCUT2D eigenvalue weighted by Gasteiger charge is 2.55. The Labute approximate surface area is 123 Å². The van der Waals surface area contributed by atoms with E-state index in [-0.39, 0.29) is 29.7 Å². The molecule has 1 spiro atoms. The molecule has 3 aliphatic heterocycles. The lowest BCUT2D eigenvalue weighted by Crippen LogP contribution is -2.52. The average molecular weight is 294 g/mol. The minimum Gasteiger partial charge on any atom is -0.339 e. The highest BCUT2D eigenvalue weighted by Crippen LogP contribution is 2.38. The normalized spacial score (nSPS) is 35.7. The van der Waals surface area contributed by atoms with Crippen molar-refractivity contribution in [2.24, 2.45) is 11.3 Å². The van der Waals surface area contributed by atoms with Gasteiger partial charge in [-0.15, -0.1) is 0 Å². The summed E-state index contributed by atoms with van der Waals surface area (Å²) in [6.07, 6.45) is 1.31. The summed E-state index contributed by atoms with van der Waals surface area (Å²) in [5.41, 5.74) is -1.30. The van der Waals surface area contributed by atoms with Crippen molar-refractivity contribution >= 4 is 17.8 Å². The Kier molecular flexibility index (Phi) is 3.20. The first-order chi connectivity index (χ1) is 9.90. The van der Waals surface area contributed by atoms with Crippen LogP contribution in [-0.2, 0) is 9.59 Å². The molecule has 3 heterocycles. The van der Waals surface area contributed by atoms with Crippen LogP contribution in [0.5, 0.6) is 0 Å². The van der Waals surface area contributed by atoms with Gasteiger partial charge >= 0.3 is 6.03 Å². The van der Waals surface area contributed by atoms with Crippen LogP contribution < -0.4 is 16.0 Å². The molecular formula is C14H22N4O3. The lowest BCUT2D eigenvalue weighted by Gasteiger charge is -2.35. The van der Waals surface area contributed by atoms with Crippen LogP contribution in [0.2, 0.25) is 0 Å². The number of likely N-dealkylation sites (tertiary alicyclic amines) is 1. The molecule has 116 valence electrons. The van der Waals surface area contributed by atoms with Crippen molar-refractivity contribution in [3.63, 3.8) is 0 Å². The van der Waals surface area contributed by atoms with Gasteiger partial charge in [0.15, 0.2) is 0 Å². The van der Waals surface area contributed by atoms with Crippen LogP contribution in [0.4, 0.5) is 4.79 Å². The molecule has 0 aromatic rings. The van der Waals surface area contributed by atoms with Gasteiger partial charge in [-0.2, -0.15) is 0 Å². The molecule has 3 rings (SSSR count). The minimum absolute atomic E-state index is 0.105. The molecule has 0 aliphatic carbocycles. The van der Waals surface area contributed by atoms with Crippen LogP contribution in [0.25, 0.3) is 0 Å². The van der Waals surface area contributed by atoms with E-state index in [2.05, 4.69) is 29.8 Å². The number of nitrogens with zero attached hydrogens (tertiary/aromatic N) is 1. The first-order valence-corrected chi connectivity index (χ1v) is 7.53. The standard InChI is InChI=1S/C14H22N4O3/c1-9(2)13(3-5-15-7-13)11(20)18-6-4-14(8-18)10(19)16-12(21)17-14/h9,15H,3-8H2,1-2H3,(H2,16,17,19,21). The Bertz CT molecular complexity index is 498. The van der Waals surface area contributed by atoms with Gasteiger partial charge in [-0.25, -0.2) is 4.79 Å². The lowest BCUT2D eigenvalue weighted by molar-refractivity contribution is -0.143. The van der Waals surface area contributed by atoms with Gasteiger partial charge in [-0.05, 0) is 25.3 Å². The molecular weight excluding hydrogens is 272 g/mol. The molecule has 3 aliphatic rings. The number of hydrogen-bond acceptors (Lipinski definition) is 4. The number of urea groups is 1. The molecule has 3 fully saturated rings. The smallest absolute Gasteiger partial charge is 0.322 e. The number of nitrogens with one attached hydrogen (secondary N) is 3. The van der Waals surface area contributed by atoms with Crippen molar-refractivity contribution in [3.05, 3.63) is 0 Å². The third kappa shape index (κ3) is 2.02. The van der Waals surface area contributed by atoms with Gasteiger partial charge in [0.25, 0.3) is 5.91 Å². The van der Waals surface area contributed by atoms with Crippen molar-refractivity contribution in [3.8, 4) is 0 Å². The molecule has 4 amide bonds. The van der Waals surface area contributed by atoms with E-state index < -0.39 is 11.6 Å². The fourth-order valence-corrected chi connectivity index (χ4v) is 3.75. The van der Waals surface area contributed by atoms with E-state index in [1.54, 1.807) is 4.90 Å². The zero-order chi connectivity index (χ0) is 15.3. The molecule has 0 bridgehead atoms. The summed E-state index contributed by atoms with van der Waals surface area (Å²) >= 11 is 0. The molecule has 7 nitrogen and oxygen atoms in total. The van der Waals surface area contributed by atoms with Crippen LogP contribution in [0.15, 0.2) is 0 Å². The van der Waals surface area contributed by atoms with Gasteiger partial charge in [0.2, 0.25) is 5.91 Å². The van der Waals surface area contributed by atoms with Crippen molar-refractivity contribution < 1.29 is 14.4 Å². The lowest BCUT2D eigenvalue weighted by atomic mass is 9.75. The molecule has 7 heteroatoms. The Balaban J connectivity index is 1.78. The number of carbonyl (C=O) groups is 3. The molecule has 3 N–H and O–H groups in total. The Morgan fingerprint density at radius 3 is 2.57 bits per heavy atom. The Morgan fingerprint density at radius 2 is 2.05 bits per heavy atom. The molecule has 21 heavy (non-hydrogen) atoms. The van der Waals surface area contributed by atoms with Crippen molar-refractivity contribution in [2.75, 3.05) is 26.2 Å². The Morgan fingerprint density at radius 1 is 1.29 bits per heavy atom. The summed E-state index contributed by atoms with van der Waals surface area (Å²) in [4.78, 5) is 38.1. The van der Waals surface area contributed by atoms with Gasteiger partial charge in [0, 0.05) is 13.1 Å². The van der Waals surface area contributed by atoms with E-state index in [4.69, 9.17) is 0 Å². The molecule has 0 aromatic heterocycles. The van der Waals surface area contributed by atoms with Gasteiger partial charge in [-0.3, -0.25) is 14.9 Å². The van der Waals surface area contributed by atoms with Crippen LogP contribution >= 0.6 is 0 Å². The largest absolute Gasteiger partial charge is 0.339 e. The maximum absolute atomic E-state index is 13.0. The van der Waals surface area contributed by atoms with Gasteiger partial charge in [-0.1, -0.05) is 13.8 Å². The number of carbonyl (C=O) groups excluding carboxylic acids is 3. The summed E-state index contributed by atoms with van der Waals surface area (Å²) in [6.45, 7) is 6.46. The summed E-state index contributed by atoms with van der Waals surface area (Å²) in [7, 11) is 0. The van der Waals surface area contributed by atoms with Crippen LogP contribution in [-0.4, -0.2) is 54.5 Å². The van der Waals surface area contributed by atoms with E-state index in [0.29, 0.717) is 19.5 Å². The second kappa shape index (κ2) is 4.69. The zero-order valence-electron chi connectivity index (χ0n) is 12.5. The molecule has 3 saturated heterocycles. The third-order valence-electron chi connectivity index (χ3n) is 5.29. The number of rotatable bonds is 2. The van der Waals surface area contributed by atoms with E-state index in [1.807, 2.05) is 0 Å². The number of imide groups is 1. The molecule has 0 aromatic carbocycles. The predicted octanol–water partition coefficient (Wildman–Crippen LogP) is -0.567. The second-order valence-corrected chi connectivity index (χ2v) is 6.70. The van der Waals surface area contributed by atoms with E-state index in [1.165, 1.54) is 0 Å². The maximum atomic E-state index is 13.0. The van der Waals surface area contributed by atoms with Gasteiger partial charge in [0.1, 0.15) is 5.54 Å². The van der Waals surface area contributed by atoms with Crippen molar-refractivity contribution in [1.82, 2.24) is 20.9 Å². The predicted molar refractivity (Wildman–Crippen MR) is 75.4 cm³/mol. The van der Waals surface area contributed by atoms with Gasteiger partial charge < -0.3 is 15.5 Å². The quantitative estimate of drug-likeness (QED) is 0.595. The zero-order valence-corrected chi connectivity index (χ0v) is 12.5. The Hall–Kier alpha value is -1.63. The third-order valence-corrected chi connectivity index (χ3v) is 5.29. The fraction of sp³-hybridized carbons (Fsp3) is 0.786.